The van der Waals surface area contributed by atoms with Crippen LogP contribution in [0.4, 0.5) is 18.9 Å². The maximum Gasteiger partial charge on any atom is 0.416 e. The molecule has 1 aromatic heterocycles. The van der Waals surface area contributed by atoms with Crippen molar-refractivity contribution < 1.29 is 18.1 Å². The van der Waals surface area contributed by atoms with Crippen LogP contribution in [0.3, 0.4) is 0 Å². The molecule has 0 N–H and O–H groups in total. The fourth-order valence-electron chi connectivity index (χ4n) is 2.35. The Bertz CT molecular complexity index is 870. The summed E-state index contributed by atoms with van der Waals surface area (Å²) in [4.78, 5) is 10.5. The average molecular weight is 321 g/mol. The van der Waals surface area contributed by atoms with Crippen LogP contribution in [0, 0.1) is 10.1 Å². The fraction of sp³-hybridized carbons (Fsp3) is 0.133. The third-order valence-corrected chi connectivity index (χ3v) is 3.47. The summed E-state index contributed by atoms with van der Waals surface area (Å²) in [5.41, 5.74) is 0.400. The highest BCUT2D eigenvalue weighted by molar-refractivity contribution is 5.87. The predicted molar refractivity (Wildman–Crippen MR) is 76.9 cm³/mol. The molecule has 2 aromatic carbocycles. The van der Waals surface area contributed by atoms with E-state index in [0.717, 1.165) is 12.1 Å². The molecule has 8 heteroatoms. The minimum atomic E-state index is -4.38. The van der Waals surface area contributed by atoms with Gasteiger partial charge in [0.05, 0.1) is 34.1 Å². The van der Waals surface area contributed by atoms with E-state index in [-0.39, 0.29) is 12.2 Å². The van der Waals surface area contributed by atoms with Gasteiger partial charge in [0.25, 0.3) is 5.69 Å². The number of benzene rings is 2. The van der Waals surface area contributed by atoms with Crippen molar-refractivity contribution in [2.24, 2.45) is 0 Å². The van der Waals surface area contributed by atoms with Crippen molar-refractivity contribution >= 4 is 16.6 Å². The van der Waals surface area contributed by atoms with E-state index >= 15 is 0 Å². The standard InChI is InChI=1S/C15H10F3N3O2/c16-15(17,18)11-6-4-10(5-7-11)9-20-13-2-1-3-14(21(22)23)12(13)8-19-20/h1-8H,9H2. The van der Waals surface area contributed by atoms with Crippen molar-refractivity contribution in [2.75, 3.05) is 0 Å². The van der Waals surface area contributed by atoms with Gasteiger partial charge in [-0.15, -0.1) is 0 Å². The Balaban J connectivity index is 1.93. The van der Waals surface area contributed by atoms with E-state index in [1.807, 2.05) is 0 Å². The Hall–Kier alpha value is -2.90. The summed E-state index contributed by atoms with van der Waals surface area (Å²) in [6.07, 6.45) is -2.99. The molecule has 0 spiro atoms. The summed E-state index contributed by atoms with van der Waals surface area (Å²) in [5, 5.41) is 15.5. The monoisotopic (exact) mass is 321 g/mol. The number of nitrogens with zero attached hydrogens (tertiary/aromatic N) is 3. The molecule has 23 heavy (non-hydrogen) atoms. The van der Waals surface area contributed by atoms with Crippen LogP contribution in [0.5, 0.6) is 0 Å². The summed E-state index contributed by atoms with van der Waals surface area (Å²) in [5.74, 6) is 0. The average Bonchev–Trinajstić information content (AvgIpc) is 2.90. The van der Waals surface area contributed by atoms with Crippen molar-refractivity contribution in [1.82, 2.24) is 9.78 Å². The van der Waals surface area contributed by atoms with Crippen molar-refractivity contribution in [1.29, 1.82) is 0 Å². The van der Waals surface area contributed by atoms with Gasteiger partial charge in [-0.25, -0.2) is 0 Å². The Morgan fingerprint density at radius 1 is 1.13 bits per heavy atom. The van der Waals surface area contributed by atoms with Crippen LogP contribution in [0.15, 0.2) is 48.7 Å². The molecule has 0 saturated heterocycles. The van der Waals surface area contributed by atoms with Crippen molar-refractivity contribution in [3.8, 4) is 0 Å². The maximum absolute atomic E-state index is 12.5. The summed E-state index contributed by atoms with van der Waals surface area (Å²) >= 11 is 0. The lowest BCUT2D eigenvalue weighted by atomic mass is 10.1. The van der Waals surface area contributed by atoms with E-state index in [1.165, 1.54) is 29.1 Å². The number of halogens is 3. The highest BCUT2D eigenvalue weighted by Crippen LogP contribution is 2.29. The van der Waals surface area contributed by atoms with Crippen molar-refractivity contribution in [3.63, 3.8) is 0 Å². The van der Waals surface area contributed by atoms with Crippen LogP contribution in [0.1, 0.15) is 11.1 Å². The molecule has 0 aliphatic carbocycles. The SMILES string of the molecule is O=[N+]([O-])c1cccc2c1cnn2Cc1ccc(C(F)(F)F)cc1. The number of fused-ring (bicyclic) bond motifs is 1. The lowest BCUT2D eigenvalue weighted by Gasteiger charge is -2.08. The summed E-state index contributed by atoms with van der Waals surface area (Å²) in [6, 6.07) is 9.35. The van der Waals surface area contributed by atoms with E-state index in [9.17, 15) is 23.3 Å². The molecule has 1 heterocycles. The predicted octanol–water partition coefficient (Wildman–Crippen LogP) is 4.01. The number of aromatic nitrogens is 2. The van der Waals surface area contributed by atoms with Gasteiger partial charge in [0.2, 0.25) is 0 Å². The molecule has 0 atom stereocenters. The molecule has 0 fully saturated rings. The van der Waals surface area contributed by atoms with Gasteiger partial charge >= 0.3 is 6.18 Å². The molecule has 118 valence electrons. The quantitative estimate of drug-likeness (QED) is 0.541. The summed E-state index contributed by atoms with van der Waals surface area (Å²) in [7, 11) is 0. The number of alkyl halides is 3. The van der Waals surface area contributed by atoms with E-state index < -0.39 is 16.7 Å². The van der Waals surface area contributed by atoms with E-state index in [0.29, 0.717) is 16.5 Å². The fourth-order valence-corrected chi connectivity index (χ4v) is 2.35. The lowest BCUT2D eigenvalue weighted by Crippen LogP contribution is -2.06. The number of non-ortho nitro benzene ring substituents is 1. The molecule has 0 aliphatic heterocycles. The summed E-state index contributed by atoms with van der Waals surface area (Å²) < 4.78 is 39.2. The second-order valence-electron chi connectivity index (χ2n) is 4.96. The smallest absolute Gasteiger partial charge is 0.260 e. The van der Waals surface area contributed by atoms with E-state index in [4.69, 9.17) is 0 Å². The molecular formula is C15H10F3N3O2. The molecule has 0 aliphatic rings. The third-order valence-electron chi connectivity index (χ3n) is 3.47. The summed E-state index contributed by atoms with van der Waals surface area (Å²) in [6.45, 7) is 0.225. The highest BCUT2D eigenvalue weighted by atomic mass is 19.4. The molecule has 0 amide bonds. The van der Waals surface area contributed by atoms with Gasteiger partial charge < -0.3 is 0 Å². The topological polar surface area (TPSA) is 61.0 Å². The third kappa shape index (κ3) is 2.87. The largest absolute Gasteiger partial charge is 0.416 e. The number of hydrogen-bond acceptors (Lipinski definition) is 3. The van der Waals surface area contributed by atoms with Crippen molar-refractivity contribution in [2.45, 2.75) is 12.7 Å². The number of rotatable bonds is 3. The highest BCUT2D eigenvalue weighted by Gasteiger charge is 2.29. The Morgan fingerprint density at radius 3 is 2.43 bits per heavy atom. The van der Waals surface area contributed by atoms with Crippen LogP contribution < -0.4 is 0 Å². The molecule has 3 rings (SSSR count). The van der Waals surface area contributed by atoms with Gasteiger partial charge in [0, 0.05) is 6.07 Å². The minimum Gasteiger partial charge on any atom is -0.260 e. The van der Waals surface area contributed by atoms with Crippen LogP contribution in [-0.4, -0.2) is 14.7 Å². The van der Waals surface area contributed by atoms with Crippen LogP contribution >= 0.6 is 0 Å². The molecule has 0 unspecified atom stereocenters. The van der Waals surface area contributed by atoms with E-state index in [2.05, 4.69) is 5.10 Å². The van der Waals surface area contributed by atoms with Crippen LogP contribution in [0.25, 0.3) is 10.9 Å². The second kappa shape index (κ2) is 5.38. The Labute approximate surface area is 128 Å². The first-order chi connectivity index (χ1) is 10.9. The van der Waals surface area contributed by atoms with Gasteiger partial charge in [-0.05, 0) is 23.8 Å². The zero-order chi connectivity index (χ0) is 16.6. The normalized spacial score (nSPS) is 11.8. The van der Waals surface area contributed by atoms with Crippen LogP contribution in [-0.2, 0) is 12.7 Å². The zero-order valence-corrected chi connectivity index (χ0v) is 11.6. The van der Waals surface area contributed by atoms with Gasteiger partial charge in [-0.1, -0.05) is 18.2 Å². The molecule has 0 radical (unpaired) electrons. The number of hydrogen-bond donors (Lipinski definition) is 0. The first kappa shape index (κ1) is 15.0. The van der Waals surface area contributed by atoms with Gasteiger partial charge in [0.1, 0.15) is 0 Å². The van der Waals surface area contributed by atoms with Gasteiger partial charge in [-0.2, -0.15) is 18.3 Å². The van der Waals surface area contributed by atoms with Gasteiger partial charge in [0.15, 0.2) is 0 Å². The first-order valence-electron chi connectivity index (χ1n) is 6.61. The minimum absolute atomic E-state index is 0.0545. The number of nitro benzene ring substituents is 1. The van der Waals surface area contributed by atoms with E-state index in [1.54, 1.807) is 12.1 Å². The molecule has 5 nitrogen and oxygen atoms in total. The van der Waals surface area contributed by atoms with Crippen LogP contribution in [0.2, 0.25) is 0 Å². The Morgan fingerprint density at radius 2 is 1.83 bits per heavy atom. The maximum atomic E-state index is 12.5. The molecule has 3 aromatic rings. The first-order valence-corrected chi connectivity index (χ1v) is 6.61. The lowest BCUT2D eigenvalue weighted by molar-refractivity contribution is -0.383. The number of nitro groups is 1. The van der Waals surface area contributed by atoms with Crippen molar-refractivity contribution in [3.05, 3.63) is 69.9 Å². The molecular weight excluding hydrogens is 311 g/mol. The van der Waals surface area contributed by atoms with Gasteiger partial charge in [-0.3, -0.25) is 14.8 Å². The molecule has 0 bridgehead atoms. The second-order valence-corrected chi connectivity index (χ2v) is 4.96. The Kier molecular flexibility index (Phi) is 3.51. The zero-order valence-electron chi connectivity index (χ0n) is 11.6. The molecule has 0 saturated carbocycles.